The molecule has 0 aromatic heterocycles. The van der Waals surface area contributed by atoms with Gasteiger partial charge in [-0.25, -0.2) is 4.39 Å². The molecule has 0 bridgehead atoms. The minimum atomic E-state index is -0.716. The van der Waals surface area contributed by atoms with Crippen LogP contribution in [0.4, 0.5) is 4.39 Å². The molecule has 112 valence electrons. The summed E-state index contributed by atoms with van der Waals surface area (Å²) in [4.78, 5) is 0. The molecule has 0 aliphatic carbocycles. The van der Waals surface area contributed by atoms with E-state index in [1.54, 1.807) is 18.2 Å². The number of rotatable bonds is 7. The standard InChI is InChI=1S/C18H21FO2/c1-2-3-12-21-16-10-8-14(9-11-16)18(20)13-15-6-4-5-7-17(15)19/h4-11,18,20H,2-3,12-13H2,1H3. The summed E-state index contributed by atoms with van der Waals surface area (Å²) in [5.74, 6) is 0.515. The van der Waals surface area contributed by atoms with Crippen LogP contribution in [0.2, 0.25) is 0 Å². The van der Waals surface area contributed by atoms with Gasteiger partial charge in [-0.2, -0.15) is 0 Å². The topological polar surface area (TPSA) is 29.5 Å². The molecule has 0 saturated carbocycles. The maximum atomic E-state index is 13.6. The Morgan fingerprint density at radius 3 is 2.48 bits per heavy atom. The van der Waals surface area contributed by atoms with Crippen LogP contribution < -0.4 is 4.74 Å². The van der Waals surface area contributed by atoms with Crippen LogP contribution in [0.1, 0.15) is 37.0 Å². The third-order valence-corrected chi connectivity index (χ3v) is 3.40. The van der Waals surface area contributed by atoms with Crippen LogP contribution in [0.15, 0.2) is 48.5 Å². The first kappa shape index (κ1) is 15.5. The number of ether oxygens (including phenoxy) is 1. The van der Waals surface area contributed by atoms with E-state index in [0.29, 0.717) is 12.2 Å². The molecule has 1 atom stereocenters. The van der Waals surface area contributed by atoms with Crippen molar-refractivity contribution in [2.75, 3.05) is 6.61 Å². The van der Waals surface area contributed by atoms with Gasteiger partial charge in [0.1, 0.15) is 11.6 Å². The molecule has 0 saturated heterocycles. The van der Waals surface area contributed by atoms with Gasteiger partial charge in [0, 0.05) is 6.42 Å². The smallest absolute Gasteiger partial charge is 0.126 e. The highest BCUT2D eigenvalue weighted by molar-refractivity contribution is 5.30. The summed E-state index contributed by atoms with van der Waals surface area (Å²) in [6.45, 7) is 2.82. The number of benzene rings is 2. The van der Waals surface area contributed by atoms with Gasteiger partial charge in [0.05, 0.1) is 12.7 Å². The molecule has 0 aliphatic heterocycles. The zero-order valence-electron chi connectivity index (χ0n) is 12.3. The highest BCUT2D eigenvalue weighted by Crippen LogP contribution is 2.22. The summed E-state index contributed by atoms with van der Waals surface area (Å²) in [5.41, 5.74) is 1.29. The van der Waals surface area contributed by atoms with Crippen molar-refractivity contribution >= 4 is 0 Å². The van der Waals surface area contributed by atoms with E-state index in [-0.39, 0.29) is 12.2 Å². The van der Waals surface area contributed by atoms with Crippen LogP contribution in [-0.4, -0.2) is 11.7 Å². The van der Waals surface area contributed by atoms with Gasteiger partial charge in [0.2, 0.25) is 0 Å². The summed E-state index contributed by atoms with van der Waals surface area (Å²) in [6, 6.07) is 13.9. The molecule has 0 amide bonds. The second kappa shape index (κ2) is 7.79. The van der Waals surface area contributed by atoms with E-state index in [2.05, 4.69) is 6.92 Å². The normalized spacial score (nSPS) is 12.1. The Balaban J connectivity index is 1.96. The maximum Gasteiger partial charge on any atom is 0.126 e. The fourth-order valence-corrected chi connectivity index (χ4v) is 2.11. The Morgan fingerprint density at radius 1 is 1.10 bits per heavy atom. The predicted molar refractivity (Wildman–Crippen MR) is 81.9 cm³/mol. The van der Waals surface area contributed by atoms with Crippen LogP contribution in [-0.2, 0) is 6.42 Å². The largest absolute Gasteiger partial charge is 0.494 e. The highest BCUT2D eigenvalue weighted by atomic mass is 19.1. The zero-order valence-corrected chi connectivity index (χ0v) is 12.3. The Kier molecular flexibility index (Phi) is 5.76. The molecule has 0 radical (unpaired) electrons. The molecule has 0 fully saturated rings. The van der Waals surface area contributed by atoms with Crippen molar-refractivity contribution in [3.63, 3.8) is 0 Å². The van der Waals surface area contributed by atoms with Gasteiger partial charge in [0.15, 0.2) is 0 Å². The summed E-state index contributed by atoms with van der Waals surface area (Å²) < 4.78 is 19.1. The lowest BCUT2D eigenvalue weighted by Gasteiger charge is -2.13. The fourth-order valence-electron chi connectivity index (χ4n) is 2.11. The number of halogens is 1. The lowest BCUT2D eigenvalue weighted by Crippen LogP contribution is -2.04. The Hall–Kier alpha value is -1.87. The third kappa shape index (κ3) is 4.57. The van der Waals surface area contributed by atoms with Crippen LogP contribution in [0.5, 0.6) is 5.75 Å². The summed E-state index contributed by atoms with van der Waals surface area (Å²) in [7, 11) is 0. The van der Waals surface area contributed by atoms with E-state index in [9.17, 15) is 9.50 Å². The van der Waals surface area contributed by atoms with Crippen LogP contribution >= 0.6 is 0 Å². The molecule has 1 unspecified atom stereocenters. The monoisotopic (exact) mass is 288 g/mol. The van der Waals surface area contributed by atoms with Gasteiger partial charge in [-0.15, -0.1) is 0 Å². The Morgan fingerprint density at radius 2 is 1.81 bits per heavy atom. The molecular weight excluding hydrogens is 267 g/mol. The predicted octanol–water partition coefficient (Wildman–Crippen LogP) is 4.28. The number of aliphatic hydroxyl groups is 1. The molecule has 2 aromatic rings. The molecule has 0 heterocycles. The first-order valence-corrected chi connectivity index (χ1v) is 7.35. The van der Waals surface area contributed by atoms with Crippen molar-refractivity contribution < 1.29 is 14.2 Å². The average molecular weight is 288 g/mol. The molecule has 0 spiro atoms. The Labute approximate surface area is 125 Å². The molecule has 21 heavy (non-hydrogen) atoms. The minimum Gasteiger partial charge on any atom is -0.494 e. The molecular formula is C18H21FO2. The second-order valence-corrected chi connectivity index (χ2v) is 5.08. The summed E-state index contributed by atoms with van der Waals surface area (Å²) >= 11 is 0. The van der Waals surface area contributed by atoms with E-state index in [1.165, 1.54) is 6.07 Å². The minimum absolute atomic E-state index is 0.267. The first-order chi connectivity index (χ1) is 10.2. The SMILES string of the molecule is CCCCOc1ccc(C(O)Cc2ccccc2F)cc1. The van der Waals surface area contributed by atoms with Crippen molar-refractivity contribution in [3.05, 3.63) is 65.5 Å². The number of aliphatic hydroxyl groups excluding tert-OH is 1. The molecule has 2 aromatic carbocycles. The van der Waals surface area contributed by atoms with Gasteiger partial charge < -0.3 is 9.84 Å². The fraction of sp³-hybridized carbons (Fsp3) is 0.333. The molecule has 0 aliphatic rings. The Bertz CT molecular complexity index is 551. The molecule has 2 rings (SSSR count). The van der Waals surface area contributed by atoms with E-state index in [1.807, 2.05) is 24.3 Å². The zero-order chi connectivity index (χ0) is 15.1. The third-order valence-electron chi connectivity index (χ3n) is 3.40. The average Bonchev–Trinajstić information content (AvgIpc) is 2.50. The lowest BCUT2D eigenvalue weighted by atomic mass is 10.0. The molecule has 3 heteroatoms. The van der Waals surface area contributed by atoms with Crippen molar-refractivity contribution in [2.24, 2.45) is 0 Å². The van der Waals surface area contributed by atoms with Crippen molar-refractivity contribution in [1.82, 2.24) is 0 Å². The van der Waals surface area contributed by atoms with Gasteiger partial charge in [0.25, 0.3) is 0 Å². The number of unbranched alkanes of at least 4 members (excludes halogenated alkanes) is 1. The number of hydrogen-bond acceptors (Lipinski definition) is 2. The van der Waals surface area contributed by atoms with Gasteiger partial charge >= 0.3 is 0 Å². The van der Waals surface area contributed by atoms with E-state index >= 15 is 0 Å². The van der Waals surface area contributed by atoms with Crippen LogP contribution in [0.25, 0.3) is 0 Å². The van der Waals surface area contributed by atoms with E-state index in [0.717, 1.165) is 24.2 Å². The molecule has 2 nitrogen and oxygen atoms in total. The van der Waals surface area contributed by atoms with Crippen LogP contribution in [0.3, 0.4) is 0 Å². The van der Waals surface area contributed by atoms with Crippen molar-refractivity contribution in [2.45, 2.75) is 32.3 Å². The van der Waals surface area contributed by atoms with Gasteiger partial charge in [-0.1, -0.05) is 43.7 Å². The quantitative estimate of drug-likeness (QED) is 0.770. The highest BCUT2D eigenvalue weighted by Gasteiger charge is 2.11. The lowest BCUT2D eigenvalue weighted by molar-refractivity contribution is 0.177. The van der Waals surface area contributed by atoms with E-state index < -0.39 is 6.10 Å². The summed E-state index contributed by atoms with van der Waals surface area (Å²) in [5, 5.41) is 10.2. The second-order valence-electron chi connectivity index (χ2n) is 5.08. The van der Waals surface area contributed by atoms with Gasteiger partial charge in [-0.3, -0.25) is 0 Å². The number of hydrogen-bond donors (Lipinski definition) is 1. The molecule has 1 N–H and O–H groups in total. The maximum absolute atomic E-state index is 13.6. The van der Waals surface area contributed by atoms with Crippen LogP contribution in [0, 0.1) is 5.82 Å². The van der Waals surface area contributed by atoms with Gasteiger partial charge in [-0.05, 0) is 35.7 Å². The van der Waals surface area contributed by atoms with Crippen molar-refractivity contribution in [1.29, 1.82) is 0 Å². The summed E-state index contributed by atoms with van der Waals surface area (Å²) in [6.07, 6.45) is 1.67. The first-order valence-electron chi connectivity index (χ1n) is 7.35. The van der Waals surface area contributed by atoms with Crippen molar-refractivity contribution in [3.8, 4) is 5.75 Å². The van der Waals surface area contributed by atoms with E-state index in [4.69, 9.17) is 4.74 Å².